The molecule has 23 heavy (non-hydrogen) atoms. The molecule has 0 fully saturated rings. The summed E-state index contributed by atoms with van der Waals surface area (Å²) in [6, 6.07) is 12.6. The lowest BCUT2D eigenvalue weighted by molar-refractivity contribution is 0.270. The minimum absolute atomic E-state index is 0.0836. The van der Waals surface area contributed by atoms with Crippen molar-refractivity contribution in [2.24, 2.45) is 0 Å². The number of nitrogens with zero attached hydrogens (tertiary/aromatic N) is 3. The van der Waals surface area contributed by atoms with Crippen LogP contribution in [0, 0.1) is 0 Å². The second-order valence-electron chi connectivity index (χ2n) is 5.87. The van der Waals surface area contributed by atoms with E-state index in [9.17, 15) is 5.11 Å². The highest BCUT2D eigenvalue weighted by molar-refractivity contribution is 5.76. The van der Waals surface area contributed by atoms with Crippen molar-refractivity contribution in [1.29, 1.82) is 0 Å². The van der Waals surface area contributed by atoms with E-state index in [0.717, 1.165) is 36.2 Å². The number of benzene rings is 1. The Kier molecular flexibility index (Phi) is 3.67. The Bertz CT molecular complexity index is 824. The third kappa shape index (κ3) is 2.45. The molecule has 0 bridgehead atoms. The Morgan fingerprint density at radius 2 is 1.87 bits per heavy atom. The molecular formula is C19H19N3O. The Hall–Kier alpha value is -2.46. The van der Waals surface area contributed by atoms with Gasteiger partial charge in [0.2, 0.25) is 0 Å². The minimum Gasteiger partial charge on any atom is -0.394 e. The van der Waals surface area contributed by atoms with Crippen molar-refractivity contribution in [1.82, 2.24) is 14.8 Å². The first-order valence-corrected chi connectivity index (χ1v) is 8.07. The van der Waals surface area contributed by atoms with Crippen LogP contribution in [0.5, 0.6) is 0 Å². The maximum absolute atomic E-state index is 9.43. The van der Waals surface area contributed by atoms with E-state index in [1.54, 1.807) is 0 Å². The average Bonchev–Trinajstić information content (AvgIpc) is 2.85. The highest BCUT2D eigenvalue weighted by Gasteiger charge is 2.23. The number of fused-ring (bicyclic) bond motifs is 3. The van der Waals surface area contributed by atoms with Gasteiger partial charge in [-0.3, -0.25) is 9.67 Å². The Morgan fingerprint density at radius 1 is 1.04 bits per heavy atom. The molecule has 2 heterocycles. The molecule has 2 aromatic heterocycles. The highest BCUT2D eigenvalue weighted by atomic mass is 16.3. The molecule has 0 saturated carbocycles. The highest BCUT2D eigenvalue weighted by Crippen LogP contribution is 2.37. The molecule has 1 aromatic carbocycles. The molecule has 1 N–H and O–H groups in total. The molecule has 0 radical (unpaired) electrons. The zero-order valence-electron chi connectivity index (χ0n) is 12.9. The predicted octanol–water partition coefficient (Wildman–Crippen LogP) is 3.09. The molecule has 0 spiro atoms. The van der Waals surface area contributed by atoms with Crippen LogP contribution in [0.1, 0.15) is 17.5 Å². The van der Waals surface area contributed by atoms with Crippen molar-refractivity contribution in [3.8, 4) is 22.5 Å². The summed E-state index contributed by atoms with van der Waals surface area (Å²) in [6.45, 7) is 0.590. The summed E-state index contributed by atoms with van der Waals surface area (Å²) in [4.78, 5) is 4.12. The first kappa shape index (κ1) is 14.2. The number of hydrogen-bond acceptors (Lipinski definition) is 3. The topological polar surface area (TPSA) is 50.9 Å². The summed E-state index contributed by atoms with van der Waals surface area (Å²) >= 11 is 0. The third-order valence-electron chi connectivity index (χ3n) is 4.46. The van der Waals surface area contributed by atoms with E-state index in [1.807, 2.05) is 29.2 Å². The number of rotatable bonds is 3. The van der Waals surface area contributed by atoms with E-state index >= 15 is 0 Å². The molecule has 4 heteroatoms. The molecule has 1 aliphatic rings. The fourth-order valence-corrected chi connectivity index (χ4v) is 3.47. The molecule has 0 unspecified atom stereocenters. The molecular weight excluding hydrogens is 286 g/mol. The monoisotopic (exact) mass is 305 g/mol. The van der Waals surface area contributed by atoms with Gasteiger partial charge in [0.25, 0.3) is 0 Å². The van der Waals surface area contributed by atoms with Crippen LogP contribution in [0.3, 0.4) is 0 Å². The van der Waals surface area contributed by atoms with Gasteiger partial charge in [0.05, 0.1) is 24.5 Å². The quantitative estimate of drug-likeness (QED) is 0.809. The first-order chi connectivity index (χ1) is 11.4. The van der Waals surface area contributed by atoms with Crippen molar-refractivity contribution in [3.05, 3.63) is 59.9 Å². The van der Waals surface area contributed by atoms with Gasteiger partial charge in [-0.1, -0.05) is 24.3 Å². The third-order valence-corrected chi connectivity index (χ3v) is 4.46. The molecule has 0 atom stereocenters. The molecule has 4 nitrogen and oxygen atoms in total. The maximum atomic E-state index is 9.43. The summed E-state index contributed by atoms with van der Waals surface area (Å²) in [5.41, 5.74) is 7.18. The van der Waals surface area contributed by atoms with Crippen molar-refractivity contribution in [3.63, 3.8) is 0 Å². The van der Waals surface area contributed by atoms with Gasteiger partial charge in [0.1, 0.15) is 0 Å². The van der Waals surface area contributed by atoms with Gasteiger partial charge < -0.3 is 5.11 Å². The van der Waals surface area contributed by atoms with E-state index < -0.39 is 0 Å². The number of aryl methyl sites for hydroxylation is 1. The largest absolute Gasteiger partial charge is 0.394 e. The molecule has 116 valence electrons. The lowest BCUT2D eigenvalue weighted by Gasteiger charge is -2.08. The van der Waals surface area contributed by atoms with E-state index in [0.29, 0.717) is 6.54 Å². The zero-order chi connectivity index (χ0) is 15.6. The summed E-state index contributed by atoms with van der Waals surface area (Å²) in [5, 5.41) is 14.3. The maximum Gasteiger partial charge on any atom is 0.0964 e. The summed E-state index contributed by atoms with van der Waals surface area (Å²) < 4.78 is 1.95. The SMILES string of the molecule is OCCn1nc2c(c1-c1ccncc1)CCCc1ccccc1-2. The van der Waals surface area contributed by atoms with Gasteiger partial charge in [0, 0.05) is 29.1 Å². The van der Waals surface area contributed by atoms with Crippen molar-refractivity contribution < 1.29 is 5.11 Å². The van der Waals surface area contributed by atoms with Gasteiger partial charge in [0.15, 0.2) is 0 Å². The lowest BCUT2D eigenvalue weighted by Crippen LogP contribution is -2.06. The van der Waals surface area contributed by atoms with Gasteiger partial charge in [-0.05, 0) is 37.0 Å². The first-order valence-electron chi connectivity index (χ1n) is 8.07. The number of aliphatic hydroxyl groups is 1. The van der Waals surface area contributed by atoms with Gasteiger partial charge >= 0.3 is 0 Å². The Balaban J connectivity index is 1.96. The summed E-state index contributed by atoms with van der Waals surface area (Å²) in [6.07, 6.45) is 6.83. The molecule has 0 amide bonds. The molecule has 3 aromatic rings. The lowest BCUT2D eigenvalue weighted by atomic mass is 10.0. The Labute approximate surface area is 135 Å². The number of pyridine rings is 1. The van der Waals surface area contributed by atoms with Gasteiger partial charge in [-0.15, -0.1) is 0 Å². The van der Waals surface area contributed by atoms with Crippen LogP contribution in [-0.4, -0.2) is 26.5 Å². The summed E-state index contributed by atoms with van der Waals surface area (Å²) in [7, 11) is 0. The van der Waals surface area contributed by atoms with Crippen LogP contribution < -0.4 is 0 Å². The van der Waals surface area contributed by atoms with E-state index in [2.05, 4.69) is 29.2 Å². The smallest absolute Gasteiger partial charge is 0.0964 e. The number of hydrogen-bond donors (Lipinski definition) is 1. The van der Waals surface area contributed by atoms with E-state index in [-0.39, 0.29) is 6.61 Å². The van der Waals surface area contributed by atoms with Crippen LogP contribution in [0.2, 0.25) is 0 Å². The molecule has 0 saturated heterocycles. The molecule has 1 aliphatic carbocycles. The van der Waals surface area contributed by atoms with Crippen molar-refractivity contribution in [2.75, 3.05) is 6.61 Å². The Morgan fingerprint density at radius 3 is 2.70 bits per heavy atom. The normalized spacial score (nSPS) is 13.3. The van der Waals surface area contributed by atoms with Crippen LogP contribution in [0.15, 0.2) is 48.8 Å². The van der Waals surface area contributed by atoms with Crippen molar-refractivity contribution >= 4 is 0 Å². The standard InChI is InChI=1S/C19H19N3O/c23-13-12-22-19(15-8-10-20-11-9-15)17-7-3-5-14-4-1-2-6-16(14)18(17)21-22/h1-2,4,6,8-11,23H,3,5,7,12-13H2. The number of aliphatic hydroxyl groups excluding tert-OH is 1. The second kappa shape index (κ2) is 5.97. The molecule has 0 aliphatic heterocycles. The fraction of sp³-hybridized carbons (Fsp3) is 0.263. The van der Waals surface area contributed by atoms with Crippen molar-refractivity contribution in [2.45, 2.75) is 25.8 Å². The van der Waals surface area contributed by atoms with E-state index in [1.165, 1.54) is 16.7 Å². The number of aromatic nitrogens is 3. The van der Waals surface area contributed by atoms with Gasteiger partial charge in [-0.25, -0.2) is 0 Å². The summed E-state index contributed by atoms with van der Waals surface area (Å²) in [5.74, 6) is 0. The van der Waals surface area contributed by atoms with Crippen LogP contribution in [0.4, 0.5) is 0 Å². The van der Waals surface area contributed by atoms with Gasteiger partial charge in [-0.2, -0.15) is 5.10 Å². The van der Waals surface area contributed by atoms with Crippen LogP contribution in [0.25, 0.3) is 22.5 Å². The second-order valence-corrected chi connectivity index (χ2v) is 5.87. The minimum atomic E-state index is 0.0836. The van der Waals surface area contributed by atoms with Crippen LogP contribution in [-0.2, 0) is 19.4 Å². The molecule has 4 rings (SSSR count). The average molecular weight is 305 g/mol. The van der Waals surface area contributed by atoms with Crippen LogP contribution >= 0.6 is 0 Å². The fourth-order valence-electron chi connectivity index (χ4n) is 3.47. The van der Waals surface area contributed by atoms with E-state index in [4.69, 9.17) is 5.10 Å². The predicted molar refractivity (Wildman–Crippen MR) is 90.0 cm³/mol. The zero-order valence-corrected chi connectivity index (χ0v) is 12.9.